The number of hydrogen-bond donors (Lipinski definition) is 2. The van der Waals surface area contributed by atoms with Crippen molar-refractivity contribution >= 4 is 27.5 Å². The van der Waals surface area contributed by atoms with Crippen molar-refractivity contribution < 1.29 is 8.42 Å². The first-order valence-corrected chi connectivity index (χ1v) is 9.11. The molecule has 6 heteroatoms. The lowest BCUT2D eigenvalue weighted by Gasteiger charge is -2.14. The van der Waals surface area contributed by atoms with Crippen molar-refractivity contribution in [1.29, 1.82) is 0 Å². The van der Waals surface area contributed by atoms with Crippen molar-refractivity contribution in [1.82, 2.24) is 4.72 Å². The van der Waals surface area contributed by atoms with E-state index in [-0.39, 0.29) is 0 Å². The molecule has 1 aliphatic heterocycles. The van der Waals surface area contributed by atoms with Gasteiger partial charge in [0.25, 0.3) is 0 Å². The first kappa shape index (κ1) is 14.7. The molecule has 1 heterocycles. The topological polar surface area (TPSA) is 58.2 Å². The van der Waals surface area contributed by atoms with E-state index in [1.54, 1.807) is 18.2 Å². The Morgan fingerprint density at radius 2 is 2.16 bits per heavy atom. The lowest BCUT2D eigenvalue weighted by molar-refractivity contribution is 0.579. The fourth-order valence-electron chi connectivity index (χ4n) is 2.12. The van der Waals surface area contributed by atoms with Crippen LogP contribution in [-0.2, 0) is 10.0 Å². The Labute approximate surface area is 119 Å². The molecule has 2 N–H and O–H groups in total. The molecule has 1 aromatic carbocycles. The Morgan fingerprint density at radius 1 is 1.37 bits per heavy atom. The molecule has 4 nitrogen and oxygen atoms in total. The molecule has 1 unspecified atom stereocenters. The molecule has 2 rings (SSSR count). The van der Waals surface area contributed by atoms with Gasteiger partial charge in [0.1, 0.15) is 4.90 Å². The van der Waals surface area contributed by atoms with E-state index in [0.29, 0.717) is 28.9 Å². The second kappa shape index (κ2) is 6.63. The van der Waals surface area contributed by atoms with Crippen molar-refractivity contribution in [3.05, 3.63) is 24.3 Å². The Hall–Kier alpha value is -0.720. The van der Waals surface area contributed by atoms with Gasteiger partial charge in [0.2, 0.25) is 10.0 Å². The summed E-state index contributed by atoms with van der Waals surface area (Å²) < 4.78 is 27.4. The molecule has 0 aliphatic carbocycles. The first-order chi connectivity index (χ1) is 9.13. The predicted molar refractivity (Wildman–Crippen MR) is 81.3 cm³/mol. The third-order valence-electron chi connectivity index (χ3n) is 3.07. The number of benzene rings is 1. The van der Waals surface area contributed by atoms with Gasteiger partial charge in [-0.25, -0.2) is 13.1 Å². The van der Waals surface area contributed by atoms with Crippen LogP contribution in [0.3, 0.4) is 0 Å². The van der Waals surface area contributed by atoms with E-state index in [9.17, 15) is 8.42 Å². The maximum absolute atomic E-state index is 12.3. The zero-order valence-corrected chi connectivity index (χ0v) is 12.7. The molecule has 0 saturated carbocycles. The van der Waals surface area contributed by atoms with Crippen LogP contribution in [0.4, 0.5) is 5.69 Å². The minimum Gasteiger partial charge on any atom is -0.384 e. The Balaban J connectivity index is 2.09. The zero-order chi connectivity index (χ0) is 13.7. The predicted octanol–water partition coefficient (Wildman–Crippen LogP) is 2.29. The third-order valence-corrected chi connectivity index (χ3v) is 5.95. The van der Waals surface area contributed by atoms with Crippen LogP contribution >= 0.6 is 11.8 Å². The summed E-state index contributed by atoms with van der Waals surface area (Å²) in [6.07, 6.45) is 2.28. The molecular weight excluding hydrogens is 280 g/mol. The minimum atomic E-state index is -3.43. The molecule has 0 radical (unpaired) electrons. The molecule has 0 bridgehead atoms. The quantitative estimate of drug-likeness (QED) is 0.846. The number of nitrogens with one attached hydrogen (secondary N) is 2. The fraction of sp³-hybridized carbons (Fsp3) is 0.538. The Morgan fingerprint density at radius 3 is 2.84 bits per heavy atom. The van der Waals surface area contributed by atoms with E-state index in [0.717, 1.165) is 12.2 Å². The summed E-state index contributed by atoms with van der Waals surface area (Å²) in [4.78, 5) is 0.333. The molecule has 1 aromatic rings. The number of thioether (sulfide) groups is 1. The third kappa shape index (κ3) is 3.87. The summed E-state index contributed by atoms with van der Waals surface area (Å²) in [5.74, 6) is 1.14. The van der Waals surface area contributed by atoms with Crippen LogP contribution in [0.15, 0.2) is 29.2 Å². The average Bonchev–Trinajstić information content (AvgIpc) is 2.91. The Kier molecular flexibility index (Phi) is 5.13. The molecule has 19 heavy (non-hydrogen) atoms. The highest BCUT2D eigenvalue weighted by atomic mass is 32.2. The van der Waals surface area contributed by atoms with Crippen molar-refractivity contribution in [3.63, 3.8) is 0 Å². The molecule has 106 valence electrons. The van der Waals surface area contributed by atoms with Crippen molar-refractivity contribution in [3.8, 4) is 0 Å². The van der Waals surface area contributed by atoms with E-state index in [2.05, 4.69) is 10.0 Å². The summed E-state index contributed by atoms with van der Waals surface area (Å²) in [5.41, 5.74) is 0.663. The standard InChI is InChI=1S/C13H20N2O2S2/c1-2-14-12-7-3-4-8-13(12)19(16,17)15-10-11-6-5-9-18-11/h3-4,7-8,11,14-15H,2,5-6,9-10H2,1H3. The normalized spacial score (nSPS) is 19.5. The van der Waals surface area contributed by atoms with Gasteiger partial charge in [-0.15, -0.1) is 0 Å². The zero-order valence-electron chi connectivity index (χ0n) is 11.1. The van der Waals surface area contributed by atoms with Gasteiger partial charge in [0.05, 0.1) is 5.69 Å². The minimum absolute atomic E-state index is 0.333. The van der Waals surface area contributed by atoms with Gasteiger partial charge in [-0.2, -0.15) is 11.8 Å². The van der Waals surface area contributed by atoms with Crippen LogP contribution in [-0.4, -0.2) is 32.5 Å². The van der Waals surface area contributed by atoms with Gasteiger partial charge in [0, 0.05) is 18.3 Å². The van der Waals surface area contributed by atoms with Gasteiger partial charge in [-0.05, 0) is 37.7 Å². The van der Waals surface area contributed by atoms with E-state index < -0.39 is 10.0 Å². The van der Waals surface area contributed by atoms with Crippen LogP contribution in [0, 0.1) is 0 Å². The van der Waals surface area contributed by atoms with Crippen LogP contribution in [0.1, 0.15) is 19.8 Å². The summed E-state index contributed by atoms with van der Waals surface area (Å²) in [6.45, 7) is 3.17. The van der Waals surface area contributed by atoms with Gasteiger partial charge in [-0.3, -0.25) is 0 Å². The second-order valence-corrected chi connectivity index (χ2v) is 7.66. The second-order valence-electron chi connectivity index (χ2n) is 4.51. The number of rotatable bonds is 6. The van der Waals surface area contributed by atoms with E-state index in [4.69, 9.17) is 0 Å². The van der Waals surface area contributed by atoms with E-state index >= 15 is 0 Å². The van der Waals surface area contributed by atoms with Gasteiger partial charge in [0.15, 0.2) is 0 Å². The maximum atomic E-state index is 12.3. The van der Waals surface area contributed by atoms with Crippen molar-refractivity contribution in [2.45, 2.75) is 29.9 Å². The highest BCUT2D eigenvalue weighted by molar-refractivity contribution is 8.00. The van der Waals surface area contributed by atoms with Crippen LogP contribution in [0.5, 0.6) is 0 Å². The molecule has 0 amide bonds. The van der Waals surface area contributed by atoms with E-state index in [1.807, 2.05) is 24.8 Å². The molecule has 1 saturated heterocycles. The molecule has 0 spiro atoms. The smallest absolute Gasteiger partial charge is 0.242 e. The summed E-state index contributed by atoms with van der Waals surface area (Å²) in [5, 5.41) is 3.50. The average molecular weight is 300 g/mol. The van der Waals surface area contributed by atoms with Gasteiger partial charge < -0.3 is 5.32 Å². The lowest BCUT2D eigenvalue weighted by atomic mass is 10.2. The summed E-state index contributed by atoms with van der Waals surface area (Å²) in [7, 11) is -3.43. The van der Waals surface area contributed by atoms with Crippen molar-refractivity contribution in [2.24, 2.45) is 0 Å². The van der Waals surface area contributed by atoms with Crippen LogP contribution < -0.4 is 10.0 Å². The maximum Gasteiger partial charge on any atom is 0.242 e. The molecule has 1 aliphatic rings. The van der Waals surface area contributed by atoms with Crippen molar-refractivity contribution in [2.75, 3.05) is 24.2 Å². The fourth-order valence-corrected chi connectivity index (χ4v) is 4.69. The number of hydrogen-bond acceptors (Lipinski definition) is 4. The van der Waals surface area contributed by atoms with Crippen LogP contribution in [0.25, 0.3) is 0 Å². The number of sulfonamides is 1. The van der Waals surface area contributed by atoms with E-state index in [1.165, 1.54) is 6.42 Å². The first-order valence-electron chi connectivity index (χ1n) is 6.57. The van der Waals surface area contributed by atoms with Gasteiger partial charge >= 0.3 is 0 Å². The lowest BCUT2D eigenvalue weighted by Crippen LogP contribution is -2.30. The Bertz CT molecular complexity index is 511. The molecule has 0 aromatic heterocycles. The van der Waals surface area contributed by atoms with Gasteiger partial charge in [-0.1, -0.05) is 12.1 Å². The largest absolute Gasteiger partial charge is 0.384 e. The molecule has 1 fully saturated rings. The molecular formula is C13H20N2O2S2. The number of para-hydroxylation sites is 1. The SMILES string of the molecule is CCNc1ccccc1S(=O)(=O)NCC1CCCS1. The summed E-state index contributed by atoms with van der Waals surface area (Å²) in [6, 6.07) is 7.02. The highest BCUT2D eigenvalue weighted by Gasteiger charge is 2.21. The number of anilines is 1. The monoisotopic (exact) mass is 300 g/mol. The summed E-state index contributed by atoms with van der Waals surface area (Å²) >= 11 is 1.85. The molecule has 1 atom stereocenters. The van der Waals surface area contributed by atoms with Crippen LogP contribution in [0.2, 0.25) is 0 Å². The highest BCUT2D eigenvalue weighted by Crippen LogP contribution is 2.26.